The van der Waals surface area contributed by atoms with Gasteiger partial charge in [-0.05, 0) is 12.3 Å². The van der Waals surface area contributed by atoms with Gasteiger partial charge in [-0.15, -0.1) is 0 Å². The van der Waals surface area contributed by atoms with Crippen LogP contribution < -0.4 is 16.6 Å². The van der Waals surface area contributed by atoms with E-state index in [2.05, 4.69) is 10.9 Å². The average molecular weight is 213 g/mol. The first kappa shape index (κ1) is 11.8. The smallest absolute Gasteiger partial charge is 0.330 e. The summed E-state index contributed by atoms with van der Waals surface area (Å²) in [6.45, 7) is 0. The van der Waals surface area contributed by atoms with Crippen LogP contribution in [0.25, 0.3) is 0 Å². The molecule has 0 atom stereocenters. The van der Waals surface area contributed by atoms with E-state index in [1.165, 1.54) is 32.1 Å². The van der Waals surface area contributed by atoms with Crippen molar-refractivity contribution in [3.05, 3.63) is 0 Å². The van der Waals surface area contributed by atoms with Gasteiger partial charge in [-0.3, -0.25) is 10.2 Å². The molecule has 0 bridgehead atoms. The standard InChI is InChI=1S/C10H19N3O2/c11-10(15)13-12-9(14)7-6-8-4-2-1-3-5-8/h8H,1-7H2,(H,12,14)(H3,11,13,15). The Balaban J connectivity index is 2.07. The van der Waals surface area contributed by atoms with Gasteiger partial charge in [0.25, 0.3) is 0 Å². The number of nitrogens with one attached hydrogen (secondary N) is 2. The molecule has 1 fully saturated rings. The second kappa shape index (κ2) is 6.27. The molecule has 0 heterocycles. The van der Waals surface area contributed by atoms with E-state index in [-0.39, 0.29) is 5.91 Å². The summed E-state index contributed by atoms with van der Waals surface area (Å²) < 4.78 is 0. The molecule has 0 radical (unpaired) electrons. The molecule has 5 heteroatoms. The van der Waals surface area contributed by atoms with E-state index in [0.29, 0.717) is 12.3 Å². The summed E-state index contributed by atoms with van der Waals surface area (Å²) in [6.07, 6.45) is 7.73. The minimum Gasteiger partial charge on any atom is -0.350 e. The number of primary amides is 1. The third kappa shape index (κ3) is 5.24. The van der Waals surface area contributed by atoms with Crippen molar-refractivity contribution in [1.82, 2.24) is 10.9 Å². The number of urea groups is 1. The molecular formula is C10H19N3O2. The first-order valence-electron chi connectivity index (χ1n) is 5.53. The fourth-order valence-corrected chi connectivity index (χ4v) is 2.00. The lowest BCUT2D eigenvalue weighted by Gasteiger charge is -2.20. The molecule has 0 aliphatic heterocycles. The first-order chi connectivity index (χ1) is 7.18. The van der Waals surface area contributed by atoms with Crippen molar-refractivity contribution in [2.75, 3.05) is 0 Å². The first-order valence-corrected chi connectivity index (χ1v) is 5.53. The lowest BCUT2D eigenvalue weighted by atomic mass is 9.86. The zero-order valence-electron chi connectivity index (χ0n) is 8.92. The van der Waals surface area contributed by atoms with Crippen LogP contribution in [0.15, 0.2) is 0 Å². The number of nitrogens with two attached hydrogens (primary N) is 1. The van der Waals surface area contributed by atoms with Gasteiger partial charge < -0.3 is 5.73 Å². The van der Waals surface area contributed by atoms with Crippen molar-refractivity contribution in [1.29, 1.82) is 0 Å². The largest absolute Gasteiger partial charge is 0.350 e. The summed E-state index contributed by atoms with van der Waals surface area (Å²) in [6, 6.07) is -0.735. The number of hydrogen-bond acceptors (Lipinski definition) is 2. The Morgan fingerprint density at radius 3 is 2.40 bits per heavy atom. The number of carbonyl (C=O) groups is 2. The second-order valence-electron chi connectivity index (χ2n) is 4.08. The molecule has 1 aliphatic rings. The van der Waals surface area contributed by atoms with E-state index in [4.69, 9.17) is 5.73 Å². The Bertz CT molecular complexity index is 225. The quantitative estimate of drug-likeness (QED) is 0.612. The highest BCUT2D eigenvalue weighted by Gasteiger charge is 2.14. The van der Waals surface area contributed by atoms with E-state index < -0.39 is 6.03 Å². The van der Waals surface area contributed by atoms with Gasteiger partial charge in [0.05, 0.1) is 0 Å². The Labute approximate surface area is 89.8 Å². The number of hydrogen-bond donors (Lipinski definition) is 3. The molecule has 0 aromatic rings. The summed E-state index contributed by atoms with van der Waals surface area (Å²) >= 11 is 0. The number of hydrazine groups is 1. The average Bonchev–Trinajstić information content (AvgIpc) is 2.25. The van der Waals surface area contributed by atoms with Crippen LogP contribution in [0.5, 0.6) is 0 Å². The Hall–Kier alpha value is -1.26. The van der Waals surface area contributed by atoms with Crippen LogP contribution in [0.4, 0.5) is 4.79 Å². The van der Waals surface area contributed by atoms with Crippen LogP contribution >= 0.6 is 0 Å². The maximum atomic E-state index is 11.2. The molecule has 0 saturated heterocycles. The van der Waals surface area contributed by atoms with Crippen molar-refractivity contribution in [3.8, 4) is 0 Å². The zero-order chi connectivity index (χ0) is 11.1. The molecule has 0 unspecified atom stereocenters. The van der Waals surface area contributed by atoms with Crippen LogP contribution in [0.3, 0.4) is 0 Å². The van der Waals surface area contributed by atoms with Crippen molar-refractivity contribution >= 4 is 11.9 Å². The van der Waals surface area contributed by atoms with E-state index in [0.717, 1.165) is 6.42 Å². The Kier molecular flexibility index (Phi) is 4.93. The molecule has 3 amide bonds. The van der Waals surface area contributed by atoms with E-state index in [1.54, 1.807) is 0 Å². The van der Waals surface area contributed by atoms with Gasteiger partial charge in [-0.2, -0.15) is 0 Å². The van der Waals surface area contributed by atoms with Crippen molar-refractivity contribution in [2.45, 2.75) is 44.9 Å². The maximum absolute atomic E-state index is 11.2. The highest BCUT2D eigenvalue weighted by Crippen LogP contribution is 2.26. The summed E-state index contributed by atoms with van der Waals surface area (Å²) in [5, 5.41) is 0. The monoisotopic (exact) mass is 213 g/mol. The summed E-state index contributed by atoms with van der Waals surface area (Å²) in [4.78, 5) is 21.5. The normalized spacial score (nSPS) is 17.1. The SMILES string of the molecule is NC(=O)NNC(=O)CCC1CCCCC1. The molecule has 1 aliphatic carbocycles. The molecule has 15 heavy (non-hydrogen) atoms. The molecular weight excluding hydrogens is 194 g/mol. The fraction of sp³-hybridized carbons (Fsp3) is 0.800. The van der Waals surface area contributed by atoms with E-state index in [9.17, 15) is 9.59 Å². The van der Waals surface area contributed by atoms with Crippen molar-refractivity contribution in [2.24, 2.45) is 11.7 Å². The summed E-state index contributed by atoms with van der Waals surface area (Å²) in [5.41, 5.74) is 9.15. The van der Waals surface area contributed by atoms with Crippen molar-refractivity contribution < 1.29 is 9.59 Å². The third-order valence-electron chi connectivity index (χ3n) is 2.83. The molecule has 0 aromatic heterocycles. The number of amides is 3. The van der Waals surface area contributed by atoms with Gasteiger partial charge >= 0.3 is 6.03 Å². The number of rotatable bonds is 3. The van der Waals surface area contributed by atoms with Gasteiger partial charge in [0.15, 0.2) is 0 Å². The minimum atomic E-state index is -0.735. The topological polar surface area (TPSA) is 84.2 Å². The maximum Gasteiger partial charge on any atom is 0.330 e. The van der Waals surface area contributed by atoms with E-state index >= 15 is 0 Å². The lowest BCUT2D eigenvalue weighted by molar-refractivity contribution is -0.122. The highest BCUT2D eigenvalue weighted by molar-refractivity contribution is 5.80. The van der Waals surface area contributed by atoms with Gasteiger partial charge in [0, 0.05) is 6.42 Å². The third-order valence-corrected chi connectivity index (χ3v) is 2.83. The van der Waals surface area contributed by atoms with Gasteiger partial charge in [0.1, 0.15) is 0 Å². The van der Waals surface area contributed by atoms with Crippen LogP contribution in [0.2, 0.25) is 0 Å². The minimum absolute atomic E-state index is 0.167. The Morgan fingerprint density at radius 2 is 1.80 bits per heavy atom. The Morgan fingerprint density at radius 1 is 1.13 bits per heavy atom. The fourth-order valence-electron chi connectivity index (χ4n) is 2.00. The molecule has 4 N–H and O–H groups in total. The lowest BCUT2D eigenvalue weighted by Crippen LogP contribution is -2.44. The van der Waals surface area contributed by atoms with Crippen LogP contribution in [-0.4, -0.2) is 11.9 Å². The van der Waals surface area contributed by atoms with Crippen LogP contribution in [0, 0.1) is 5.92 Å². The molecule has 0 aromatic carbocycles. The summed E-state index contributed by atoms with van der Waals surface area (Å²) in [7, 11) is 0. The van der Waals surface area contributed by atoms with Gasteiger partial charge in [-0.1, -0.05) is 32.1 Å². The van der Waals surface area contributed by atoms with Crippen LogP contribution in [0.1, 0.15) is 44.9 Å². The zero-order valence-corrected chi connectivity index (χ0v) is 8.92. The van der Waals surface area contributed by atoms with Crippen molar-refractivity contribution in [3.63, 3.8) is 0 Å². The molecule has 5 nitrogen and oxygen atoms in total. The molecule has 0 spiro atoms. The second-order valence-corrected chi connectivity index (χ2v) is 4.08. The predicted octanol–water partition coefficient (Wildman–Crippen LogP) is 1.05. The van der Waals surface area contributed by atoms with Gasteiger partial charge in [0.2, 0.25) is 5.91 Å². The predicted molar refractivity (Wildman–Crippen MR) is 56.7 cm³/mol. The van der Waals surface area contributed by atoms with Gasteiger partial charge in [-0.25, -0.2) is 10.2 Å². The molecule has 86 valence electrons. The van der Waals surface area contributed by atoms with E-state index in [1.807, 2.05) is 0 Å². The summed E-state index contributed by atoms with van der Waals surface area (Å²) in [5.74, 6) is 0.512. The van der Waals surface area contributed by atoms with Crippen LogP contribution in [-0.2, 0) is 4.79 Å². The number of carbonyl (C=O) groups excluding carboxylic acids is 2. The molecule has 1 rings (SSSR count). The highest BCUT2D eigenvalue weighted by atomic mass is 16.2. The molecule has 1 saturated carbocycles.